The first kappa shape index (κ1) is 19.4. The Kier molecular flexibility index (Phi) is 4.69. The zero-order valence-corrected chi connectivity index (χ0v) is 18.4. The molecule has 1 amide bonds. The number of benzene rings is 2. The van der Waals surface area contributed by atoms with Crippen LogP contribution in [0.3, 0.4) is 0 Å². The Bertz CT molecular complexity index is 1310. The van der Waals surface area contributed by atoms with Gasteiger partial charge in [0, 0.05) is 17.9 Å². The van der Waals surface area contributed by atoms with E-state index in [9.17, 15) is 4.79 Å². The number of carbonyl (C=O) groups excluding carboxylic acids is 1. The fourth-order valence-electron chi connectivity index (χ4n) is 3.81. The van der Waals surface area contributed by atoms with Gasteiger partial charge >= 0.3 is 0 Å². The maximum absolute atomic E-state index is 12.6. The fraction of sp³-hybridized carbons (Fsp3) is 0.190. The smallest absolute Gasteiger partial charge is 0.226 e. The summed E-state index contributed by atoms with van der Waals surface area (Å²) in [5.74, 6) is 1.17. The lowest BCUT2D eigenvalue weighted by molar-refractivity contribution is -0.116. The predicted molar refractivity (Wildman–Crippen MR) is 120 cm³/mol. The van der Waals surface area contributed by atoms with Crippen LogP contribution in [0.15, 0.2) is 36.4 Å². The first-order chi connectivity index (χ1) is 14.4. The summed E-state index contributed by atoms with van der Waals surface area (Å²) in [5, 5.41) is 9.32. The molecule has 4 aromatic rings. The number of thiazole rings is 1. The highest BCUT2D eigenvalue weighted by Gasteiger charge is 2.33. The topological polar surface area (TPSA) is 69.0 Å². The molecule has 0 radical (unpaired) electrons. The van der Waals surface area contributed by atoms with E-state index in [1.165, 1.54) is 11.3 Å². The van der Waals surface area contributed by atoms with Crippen molar-refractivity contribution in [2.24, 2.45) is 0 Å². The van der Waals surface area contributed by atoms with Crippen LogP contribution < -0.4 is 10.1 Å². The van der Waals surface area contributed by atoms with Gasteiger partial charge in [0.1, 0.15) is 11.6 Å². The van der Waals surface area contributed by atoms with E-state index in [-0.39, 0.29) is 11.8 Å². The number of hydrogen-bond donors (Lipinski definition) is 1. The molecule has 0 saturated heterocycles. The maximum Gasteiger partial charge on any atom is 0.226 e. The molecule has 0 bridgehead atoms. The van der Waals surface area contributed by atoms with Gasteiger partial charge in [-0.05, 0) is 42.8 Å². The minimum atomic E-state index is -0.160. The van der Waals surface area contributed by atoms with Gasteiger partial charge in [0.2, 0.25) is 11.0 Å². The van der Waals surface area contributed by atoms with Gasteiger partial charge in [-0.25, -0.2) is 4.98 Å². The van der Waals surface area contributed by atoms with Crippen molar-refractivity contribution in [3.8, 4) is 10.9 Å². The van der Waals surface area contributed by atoms with Crippen LogP contribution in [-0.4, -0.2) is 27.8 Å². The van der Waals surface area contributed by atoms with Crippen LogP contribution in [0, 0.1) is 6.92 Å². The molecule has 0 aliphatic carbocycles. The quantitative estimate of drug-likeness (QED) is 0.434. The molecule has 9 heteroatoms. The number of amides is 1. The zero-order valence-electron chi connectivity index (χ0n) is 16.1. The lowest BCUT2D eigenvalue weighted by Crippen LogP contribution is -2.24. The molecule has 3 heterocycles. The number of nitrogens with one attached hydrogen (secondary N) is 1. The summed E-state index contributed by atoms with van der Waals surface area (Å²) in [7, 11) is 1.63. The van der Waals surface area contributed by atoms with Crippen molar-refractivity contribution < 1.29 is 9.53 Å². The lowest BCUT2D eigenvalue weighted by atomic mass is 9.86. The molecule has 1 aliphatic rings. The second-order valence-corrected chi connectivity index (χ2v) is 8.89. The SMILES string of the molecule is COc1ccc2nc(-n3nc(C)c4c3NC(=O)C[C@H]4c3ccc(Cl)c(Cl)c3)sc2c1. The molecular formula is C21H16Cl2N4O2S. The average Bonchev–Trinajstić information content (AvgIpc) is 3.29. The number of ether oxygens (including phenoxy) is 1. The highest BCUT2D eigenvalue weighted by Crippen LogP contribution is 2.42. The number of aromatic nitrogens is 3. The van der Waals surface area contributed by atoms with Crippen molar-refractivity contribution in [1.29, 1.82) is 0 Å². The van der Waals surface area contributed by atoms with Crippen molar-refractivity contribution in [3.05, 3.63) is 63.3 Å². The highest BCUT2D eigenvalue weighted by atomic mass is 35.5. The Morgan fingerprint density at radius 2 is 2.03 bits per heavy atom. The molecular weight excluding hydrogens is 443 g/mol. The predicted octanol–water partition coefficient (Wildman–Crippen LogP) is 5.58. The first-order valence-corrected chi connectivity index (χ1v) is 10.8. The zero-order chi connectivity index (χ0) is 21.0. The van der Waals surface area contributed by atoms with Gasteiger partial charge in [0.05, 0.1) is 33.1 Å². The number of nitrogens with zero attached hydrogens (tertiary/aromatic N) is 3. The molecule has 6 nitrogen and oxygen atoms in total. The number of fused-ring (bicyclic) bond motifs is 2. The highest BCUT2D eigenvalue weighted by molar-refractivity contribution is 7.20. The summed E-state index contributed by atoms with van der Waals surface area (Å²) in [4.78, 5) is 17.3. The molecule has 1 N–H and O–H groups in total. The monoisotopic (exact) mass is 458 g/mol. The summed E-state index contributed by atoms with van der Waals surface area (Å²) < 4.78 is 8.00. The fourth-order valence-corrected chi connectivity index (χ4v) is 5.07. The molecule has 0 unspecified atom stereocenters. The summed E-state index contributed by atoms with van der Waals surface area (Å²) >= 11 is 13.8. The Labute approximate surface area is 186 Å². The number of halogens is 2. The number of aryl methyl sites for hydroxylation is 1. The van der Waals surface area contributed by atoms with Crippen molar-refractivity contribution >= 4 is 56.5 Å². The van der Waals surface area contributed by atoms with Crippen LogP contribution in [0.4, 0.5) is 5.82 Å². The van der Waals surface area contributed by atoms with Crippen LogP contribution >= 0.6 is 34.5 Å². The molecule has 152 valence electrons. The molecule has 30 heavy (non-hydrogen) atoms. The summed E-state index contributed by atoms with van der Waals surface area (Å²) in [6.07, 6.45) is 0.314. The van der Waals surface area contributed by atoms with Gasteiger partial charge in [-0.15, -0.1) is 0 Å². The number of rotatable bonds is 3. The summed E-state index contributed by atoms with van der Waals surface area (Å²) in [6, 6.07) is 11.2. The minimum absolute atomic E-state index is 0.0810. The van der Waals surface area contributed by atoms with Crippen molar-refractivity contribution in [3.63, 3.8) is 0 Å². The number of anilines is 1. The second kappa shape index (κ2) is 7.27. The molecule has 2 aromatic carbocycles. The molecule has 5 rings (SSSR count). The van der Waals surface area contributed by atoms with Crippen LogP contribution in [0.25, 0.3) is 15.3 Å². The Balaban J connectivity index is 1.65. The Morgan fingerprint density at radius 3 is 2.80 bits per heavy atom. The van der Waals surface area contributed by atoms with E-state index in [1.54, 1.807) is 17.9 Å². The summed E-state index contributed by atoms with van der Waals surface area (Å²) in [5.41, 5.74) is 3.57. The third-order valence-corrected chi connectivity index (χ3v) is 6.95. The third-order valence-electron chi connectivity index (χ3n) is 5.21. The molecule has 0 saturated carbocycles. The lowest BCUT2D eigenvalue weighted by Gasteiger charge is -2.24. The average molecular weight is 459 g/mol. The molecule has 0 fully saturated rings. The molecule has 2 aromatic heterocycles. The number of carbonyl (C=O) groups is 1. The maximum atomic E-state index is 12.6. The molecule has 1 aliphatic heterocycles. The molecule has 1 atom stereocenters. The standard InChI is InChI=1S/C21H16Cl2N4O2S/c1-10-19-13(11-3-5-14(22)15(23)7-11)9-18(28)25-20(19)27(26-10)21-24-16-6-4-12(29-2)8-17(16)30-21/h3-8,13H,9H2,1-2H3,(H,25,28)/t13-/m0/s1. The van der Waals surface area contributed by atoms with Gasteiger partial charge in [-0.3, -0.25) is 4.79 Å². The Hall–Kier alpha value is -2.61. The van der Waals surface area contributed by atoms with Crippen LogP contribution in [0.1, 0.15) is 29.2 Å². The van der Waals surface area contributed by atoms with Crippen molar-refractivity contribution in [2.75, 3.05) is 12.4 Å². The van der Waals surface area contributed by atoms with E-state index >= 15 is 0 Å². The van der Waals surface area contributed by atoms with E-state index < -0.39 is 0 Å². The van der Waals surface area contributed by atoms with Gasteiger partial charge in [0.15, 0.2) is 0 Å². The van der Waals surface area contributed by atoms with E-state index in [0.29, 0.717) is 27.4 Å². The normalized spacial score (nSPS) is 15.9. The van der Waals surface area contributed by atoms with Crippen molar-refractivity contribution in [2.45, 2.75) is 19.3 Å². The van der Waals surface area contributed by atoms with Crippen LogP contribution in [0.5, 0.6) is 5.75 Å². The van der Waals surface area contributed by atoms with Gasteiger partial charge in [-0.1, -0.05) is 40.6 Å². The van der Waals surface area contributed by atoms with Crippen LogP contribution in [-0.2, 0) is 4.79 Å². The van der Waals surface area contributed by atoms with E-state index in [0.717, 1.165) is 32.8 Å². The van der Waals surface area contributed by atoms with Gasteiger partial charge in [0.25, 0.3) is 0 Å². The second-order valence-electron chi connectivity index (χ2n) is 7.07. The van der Waals surface area contributed by atoms with Gasteiger partial charge in [-0.2, -0.15) is 9.78 Å². The van der Waals surface area contributed by atoms with E-state index in [4.69, 9.17) is 38.0 Å². The minimum Gasteiger partial charge on any atom is -0.497 e. The Morgan fingerprint density at radius 1 is 1.20 bits per heavy atom. The van der Waals surface area contributed by atoms with Crippen LogP contribution in [0.2, 0.25) is 10.0 Å². The first-order valence-electron chi connectivity index (χ1n) is 9.24. The van der Waals surface area contributed by atoms with E-state index in [2.05, 4.69) is 5.32 Å². The van der Waals surface area contributed by atoms with E-state index in [1.807, 2.05) is 37.3 Å². The van der Waals surface area contributed by atoms with Gasteiger partial charge < -0.3 is 10.1 Å². The summed E-state index contributed by atoms with van der Waals surface area (Å²) in [6.45, 7) is 1.94. The number of hydrogen-bond acceptors (Lipinski definition) is 5. The number of methoxy groups -OCH3 is 1. The molecule has 0 spiro atoms. The van der Waals surface area contributed by atoms with Crippen molar-refractivity contribution in [1.82, 2.24) is 14.8 Å². The largest absolute Gasteiger partial charge is 0.497 e. The third kappa shape index (κ3) is 3.14.